The third-order valence-electron chi connectivity index (χ3n) is 4.03. The van der Waals surface area contributed by atoms with Crippen LogP contribution in [-0.4, -0.2) is 29.9 Å². The van der Waals surface area contributed by atoms with E-state index < -0.39 is 11.6 Å². The Bertz CT molecular complexity index is 493. The second-order valence-corrected chi connectivity index (χ2v) is 5.42. The number of hydrogen-bond donors (Lipinski definition) is 1. The van der Waals surface area contributed by atoms with Gasteiger partial charge >= 0.3 is 0 Å². The van der Waals surface area contributed by atoms with E-state index in [1.165, 1.54) is 0 Å². The smallest absolute Gasteiger partial charge is 0.227 e. The zero-order valence-electron chi connectivity index (χ0n) is 11.6. The summed E-state index contributed by atoms with van der Waals surface area (Å²) >= 11 is 0. The van der Waals surface area contributed by atoms with Crippen LogP contribution in [0.1, 0.15) is 25.3 Å². The van der Waals surface area contributed by atoms with Crippen molar-refractivity contribution in [1.29, 1.82) is 0 Å². The van der Waals surface area contributed by atoms with Gasteiger partial charge in [-0.25, -0.2) is 8.78 Å². The average molecular weight is 282 g/mol. The summed E-state index contributed by atoms with van der Waals surface area (Å²) in [5.74, 6) is -0.919. The highest BCUT2D eigenvalue weighted by Gasteiger charge is 2.30. The minimum atomic E-state index is -0.547. The molecule has 2 N–H and O–H groups in total. The molecule has 1 fully saturated rings. The van der Waals surface area contributed by atoms with Gasteiger partial charge in [-0.15, -0.1) is 0 Å². The fraction of sp³-hybridized carbons (Fsp3) is 0.533. The SMILES string of the molecule is C[C@H]1CCCN(C(=O)Cc2cc(F)ccc2F)[C@@H]1CN. The number of nitrogens with two attached hydrogens (primary N) is 1. The van der Waals surface area contributed by atoms with Gasteiger partial charge in [0.1, 0.15) is 11.6 Å². The molecule has 2 rings (SSSR count). The molecule has 0 saturated carbocycles. The monoisotopic (exact) mass is 282 g/mol. The fourth-order valence-corrected chi connectivity index (χ4v) is 2.86. The van der Waals surface area contributed by atoms with Crippen molar-refractivity contribution < 1.29 is 13.6 Å². The molecule has 1 saturated heterocycles. The fourth-order valence-electron chi connectivity index (χ4n) is 2.86. The maximum atomic E-state index is 13.6. The number of carbonyl (C=O) groups is 1. The van der Waals surface area contributed by atoms with E-state index >= 15 is 0 Å². The van der Waals surface area contributed by atoms with Gasteiger partial charge in [-0.05, 0) is 37.0 Å². The molecule has 1 aliphatic heterocycles. The minimum absolute atomic E-state index is 0.00660. The maximum absolute atomic E-state index is 13.6. The first-order valence-corrected chi connectivity index (χ1v) is 6.96. The second-order valence-electron chi connectivity index (χ2n) is 5.42. The highest BCUT2D eigenvalue weighted by Crippen LogP contribution is 2.23. The molecule has 0 aromatic heterocycles. The lowest BCUT2D eigenvalue weighted by atomic mass is 9.90. The average Bonchev–Trinajstić information content (AvgIpc) is 2.42. The molecule has 110 valence electrons. The van der Waals surface area contributed by atoms with Crippen molar-refractivity contribution >= 4 is 5.91 Å². The summed E-state index contributed by atoms with van der Waals surface area (Å²) in [6, 6.07) is 3.18. The van der Waals surface area contributed by atoms with Crippen LogP contribution < -0.4 is 5.73 Å². The summed E-state index contributed by atoms with van der Waals surface area (Å²) in [5.41, 5.74) is 5.84. The van der Waals surface area contributed by atoms with Crippen molar-refractivity contribution in [1.82, 2.24) is 4.90 Å². The first kappa shape index (κ1) is 14.9. The Balaban J connectivity index is 2.12. The molecule has 1 aromatic carbocycles. The number of carbonyl (C=O) groups excluding carboxylic acids is 1. The largest absolute Gasteiger partial charge is 0.338 e. The number of likely N-dealkylation sites (tertiary alicyclic amines) is 1. The third kappa shape index (κ3) is 3.15. The molecule has 3 nitrogen and oxygen atoms in total. The van der Waals surface area contributed by atoms with Crippen molar-refractivity contribution in [2.75, 3.05) is 13.1 Å². The molecule has 0 aliphatic carbocycles. The molecule has 2 atom stereocenters. The standard InChI is InChI=1S/C15H20F2N2O/c1-10-3-2-6-19(14(10)9-18)15(20)8-11-7-12(16)4-5-13(11)17/h4-5,7,10,14H,2-3,6,8-9,18H2,1H3/t10-,14+/m0/s1. The highest BCUT2D eigenvalue weighted by molar-refractivity contribution is 5.79. The van der Waals surface area contributed by atoms with Crippen molar-refractivity contribution in [2.45, 2.75) is 32.2 Å². The molecule has 0 unspecified atom stereocenters. The Labute approximate surface area is 117 Å². The van der Waals surface area contributed by atoms with Gasteiger partial charge in [0.25, 0.3) is 0 Å². The van der Waals surface area contributed by atoms with E-state index in [9.17, 15) is 13.6 Å². The molecular weight excluding hydrogens is 262 g/mol. The summed E-state index contributed by atoms with van der Waals surface area (Å²) < 4.78 is 26.7. The van der Waals surface area contributed by atoms with Crippen molar-refractivity contribution in [3.05, 3.63) is 35.4 Å². The Morgan fingerprint density at radius 2 is 2.20 bits per heavy atom. The zero-order chi connectivity index (χ0) is 14.7. The van der Waals surface area contributed by atoms with Gasteiger partial charge < -0.3 is 10.6 Å². The summed E-state index contributed by atoms with van der Waals surface area (Å²) in [5, 5.41) is 0. The van der Waals surface area contributed by atoms with Gasteiger partial charge in [-0.3, -0.25) is 4.79 Å². The first-order chi connectivity index (χ1) is 9.52. The predicted molar refractivity (Wildman–Crippen MR) is 73.0 cm³/mol. The van der Waals surface area contributed by atoms with Crippen LogP contribution in [0.4, 0.5) is 8.78 Å². The van der Waals surface area contributed by atoms with E-state index in [1.807, 2.05) is 0 Å². The quantitative estimate of drug-likeness (QED) is 0.922. The Hall–Kier alpha value is -1.49. The third-order valence-corrected chi connectivity index (χ3v) is 4.03. The van der Waals surface area contributed by atoms with E-state index in [0.29, 0.717) is 19.0 Å². The van der Waals surface area contributed by atoms with Crippen LogP contribution in [0, 0.1) is 17.6 Å². The van der Waals surface area contributed by atoms with Gasteiger partial charge in [0.2, 0.25) is 5.91 Å². The molecule has 0 spiro atoms. The topological polar surface area (TPSA) is 46.3 Å². The second kappa shape index (κ2) is 6.31. The van der Waals surface area contributed by atoms with E-state index in [2.05, 4.69) is 6.92 Å². The first-order valence-electron chi connectivity index (χ1n) is 6.96. The zero-order valence-corrected chi connectivity index (χ0v) is 11.6. The summed E-state index contributed by atoms with van der Waals surface area (Å²) in [6.07, 6.45) is 1.85. The molecule has 5 heteroatoms. The molecule has 0 bridgehead atoms. The van der Waals surface area contributed by atoms with E-state index in [0.717, 1.165) is 31.0 Å². The van der Waals surface area contributed by atoms with E-state index in [1.54, 1.807) is 4.90 Å². The van der Waals surface area contributed by atoms with Gasteiger partial charge in [0.05, 0.1) is 6.42 Å². The van der Waals surface area contributed by atoms with Crippen LogP contribution >= 0.6 is 0 Å². The molecular formula is C15H20F2N2O. The summed E-state index contributed by atoms with van der Waals surface area (Å²) in [4.78, 5) is 14.0. The van der Waals surface area contributed by atoms with Gasteiger partial charge in [-0.2, -0.15) is 0 Å². The summed E-state index contributed by atoms with van der Waals surface area (Å²) in [7, 11) is 0. The predicted octanol–water partition coefficient (Wildman–Crippen LogP) is 2.09. The lowest BCUT2D eigenvalue weighted by molar-refractivity contribution is -0.135. The van der Waals surface area contributed by atoms with E-state index in [4.69, 9.17) is 5.73 Å². The normalized spacial score (nSPS) is 22.9. The van der Waals surface area contributed by atoms with Gasteiger partial charge in [-0.1, -0.05) is 6.92 Å². The minimum Gasteiger partial charge on any atom is -0.338 e. The van der Waals surface area contributed by atoms with Crippen molar-refractivity contribution in [2.24, 2.45) is 11.7 Å². The Morgan fingerprint density at radius 3 is 2.90 bits per heavy atom. The molecule has 1 aromatic rings. The van der Waals surface area contributed by atoms with Crippen LogP contribution in [0.15, 0.2) is 18.2 Å². The van der Waals surface area contributed by atoms with Crippen LogP contribution in [0.5, 0.6) is 0 Å². The van der Waals surface area contributed by atoms with E-state index in [-0.39, 0.29) is 23.9 Å². The Kier molecular flexibility index (Phi) is 4.70. The number of benzene rings is 1. The molecule has 1 aliphatic rings. The number of amides is 1. The van der Waals surface area contributed by atoms with Crippen LogP contribution in [0.2, 0.25) is 0 Å². The summed E-state index contributed by atoms with van der Waals surface area (Å²) in [6.45, 7) is 3.11. The van der Waals surface area contributed by atoms with Gasteiger partial charge in [0.15, 0.2) is 0 Å². The molecule has 1 heterocycles. The number of hydrogen-bond acceptors (Lipinski definition) is 2. The highest BCUT2D eigenvalue weighted by atomic mass is 19.1. The number of halogens is 2. The van der Waals surface area contributed by atoms with Crippen LogP contribution in [-0.2, 0) is 11.2 Å². The Morgan fingerprint density at radius 1 is 1.45 bits per heavy atom. The van der Waals surface area contributed by atoms with Crippen molar-refractivity contribution in [3.63, 3.8) is 0 Å². The van der Waals surface area contributed by atoms with Crippen LogP contribution in [0.3, 0.4) is 0 Å². The molecule has 1 amide bonds. The molecule has 20 heavy (non-hydrogen) atoms. The van der Waals surface area contributed by atoms with Crippen molar-refractivity contribution in [3.8, 4) is 0 Å². The lowest BCUT2D eigenvalue weighted by Crippen LogP contribution is -2.51. The van der Waals surface area contributed by atoms with Crippen LogP contribution in [0.25, 0.3) is 0 Å². The number of rotatable bonds is 3. The lowest BCUT2D eigenvalue weighted by Gasteiger charge is -2.39. The number of nitrogens with zero attached hydrogens (tertiary/aromatic N) is 1. The molecule has 0 radical (unpaired) electrons. The number of piperidine rings is 1. The van der Waals surface area contributed by atoms with Gasteiger partial charge in [0, 0.05) is 24.7 Å². The maximum Gasteiger partial charge on any atom is 0.227 e.